The maximum atomic E-state index is 10.3. The van der Waals surface area contributed by atoms with Crippen LogP contribution in [0.4, 0.5) is 0 Å². The molecule has 132 valence electrons. The summed E-state index contributed by atoms with van der Waals surface area (Å²) in [5.41, 5.74) is 0. The van der Waals surface area contributed by atoms with Gasteiger partial charge in [-0.25, -0.2) is 8.42 Å². The van der Waals surface area contributed by atoms with E-state index in [-0.39, 0.29) is 29.6 Å². The van der Waals surface area contributed by atoms with Crippen molar-refractivity contribution in [1.29, 1.82) is 0 Å². The van der Waals surface area contributed by atoms with E-state index in [4.69, 9.17) is 0 Å². The minimum Gasteiger partial charge on any atom is -0.744 e. The molecule has 0 heterocycles. The van der Waals surface area contributed by atoms with Gasteiger partial charge in [-0.3, -0.25) is 0 Å². The fourth-order valence-electron chi connectivity index (χ4n) is 2.64. The van der Waals surface area contributed by atoms with E-state index in [0.29, 0.717) is 6.42 Å². The Balaban J connectivity index is 0. The van der Waals surface area contributed by atoms with Crippen molar-refractivity contribution in [3.8, 4) is 0 Å². The molecule has 0 unspecified atom stereocenters. The number of rotatable bonds is 16. The van der Waals surface area contributed by atoms with E-state index in [1.165, 1.54) is 83.1 Å². The summed E-state index contributed by atoms with van der Waals surface area (Å²) in [7, 11) is -4.17. The molecule has 0 fully saturated rings. The molecule has 0 radical (unpaired) electrons. The predicted octanol–water partition coefficient (Wildman–Crippen LogP) is 2.92. The predicted molar refractivity (Wildman–Crippen MR) is 93.8 cm³/mol. The van der Waals surface area contributed by atoms with Gasteiger partial charge in [0.05, 0.1) is 0 Å². The van der Waals surface area contributed by atoms with Crippen LogP contribution in [0.25, 0.3) is 0 Å². The second-order valence-electron chi connectivity index (χ2n) is 6.25. The van der Waals surface area contributed by atoms with E-state index in [0.717, 1.165) is 18.2 Å². The molecule has 0 aromatic carbocycles. The molecule has 3 nitrogen and oxygen atoms in total. The maximum absolute atomic E-state index is 10.3. The van der Waals surface area contributed by atoms with Gasteiger partial charge in [0.2, 0.25) is 0 Å². The van der Waals surface area contributed by atoms with Crippen LogP contribution in [0.3, 0.4) is 0 Å². The van der Waals surface area contributed by atoms with Crippen molar-refractivity contribution < 1.29 is 42.5 Å². The number of hydrogen-bond acceptors (Lipinski definition) is 3. The molecule has 0 amide bonds. The van der Waals surface area contributed by atoms with Crippen LogP contribution in [0, 0.1) is 0 Å². The largest absolute Gasteiger partial charge is 1.00 e. The zero-order valence-electron chi connectivity index (χ0n) is 15.4. The molecule has 0 saturated carbocycles. The van der Waals surface area contributed by atoms with E-state index in [2.05, 4.69) is 6.92 Å². The van der Waals surface area contributed by atoms with Crippen molar-refractivity contribution in [2.45, 2.75) is 103 Å². The van der Waals surface area contributed by atoms with Crippen LogP contribution in [-0.4, -0.2) is 13.0 Å². The third kappa shape index (κ3) is 25.0. The molecular weight excluding hydrogens is 319 g/mol. The molecule has 0 bridgehead atoms. The summed E-state index contributed by atoms with van der Waals surface area (Å²) in [5.74, 6) is 0. The molecule has 0 spiro atoms. The average Bonchev–Trinajstić information content (AvgIpc) is 2.45. The molecule has 0 rings (SSSR count). The van der Waals surface area contributed by atoms with Gasteiger partial charge in [-0.2, -0.15) is 0 Å². The van der Waals surface area contributed by atoms with E-state index >= 15 is 0 Å². The normalized spacial score (nSPS) is 11.7. The Hall–Kier alpha value is 0.650. The third-order valence-corrected chi connectivity index (χ3v) is 4.51. The Morgan fingerprint density at radius 3 is 1.39 bits per heavy atom. The minimum absolute atomic E-state index is 0. The van der Waals surface area contributed by atoms with E-state index < -0.39 is 10.1 Å². The van der Waals surface area contributed by atoms with Gasteiger partial charge in [-0.05, 0) is 12.8 Å². The monoisotopic (exact) mass is 354 g/mol. The first-order valence-electron chi connectivity index (χ1n) is 9.18. The first-order valence-corrected chi connectivity index (χ1v) is 10.7. The third-order valence-electron chi connectivity index (χ3n) is 3.99. The molecule has 0 aromatic heterocycles. The Morgan fingerprint density at radius 2 is 1.04 bits per heavy atom. The first-order chi connectivity index (χ1) is 10.6. The molecule has 23 heavy (non-hydrogen) atoms. The van der Waals surface area contributed by atoms with Gasteiger partial charge in [0.25, 0.3) is 0 Å². The standard InChI is InChI=1S/C18H36O3S.Na/c1-2-3-4-5-6-7-8-9-10-11-12-13-14-15-16-17-18-22(19,20)21;/h17-18H,2-16H2,1H3,(H,19,20,21);/q;+1/p-1. The molecule has 0 aromatic rings. The van der Waals surface area contributed by atoms with Gasteiger partial charge in [0.1, 0.15) is 10.1 Å². The van der Waals surface area contributed by atoms with Gasteiger partial charge in [0.15, 0.2) is 0 Å². The van der Waals surface area contributed by atoms with Crippen LogP contribution < -0.4 is 29.6 Å². The fourth-order valence-corrected chi connectivity index (χ4v) is 3.01. The Morgan fingerprint density at radius 1 is 0.696 bits per heavy atom. The van der Waals surface area contributed by atoms with Crippen molar-refractivity contribution in [3.63, 3.8) is 0 Å². The molecule has 0 aliphatic heterocycles. The van der Waals surface area contributed by atoms with Gasteiger partial charge in [-0.1, -0.05) is 96.5 Å². The SMILES string of the molecule is CCCCCCCCCCCCCCCCC=CS(=O)(=O)[O-].[Na+]. The molecule has 0 saturated heterocycles. The van der Waals surface area contributed by atoms with Crippen LogP contribution in [0.15, 0.2) is 11.5 Å². The van der Waals surface area contributed by atoms with E-state index in [1.54, 1.807) is 0 Å². The summed E-state index contributed by atoms with van der Waals surface area (Å²) in [6.07, 6.45) is 20.5. The molecular formula is C18H35NaO3S. The zero-order valence-corrected chi connectivity index (χ0v) is 18.2. The second kappa shape index (κ2) is 19.0. The summed E-state index contributed by atoms with van der Waals surface area (Å²) >= 11 is 0. The molecule has 0 aliphatic rings. The van der Waals surface area contributed by atoms with Crippen LogP contribution >= 0.6 is 0 Å². The number of unbranched alkanes of at least 4 members (excludes halogenated alkanes) is 14. The smallest absolute Gasteiger partial charge is 0.744 e. The van der Waals surface area contributed by atoms with Gasteiger partial charge in [0, 0.05) is 5.41 Å². The summed E-state index contributed by atoms with van der Waals surface area (Å²) < 4.78 is 31.0. The van der Waals surface area contributed by atoms with E-state index in [1.807, 2.05) is 0 Å². The van der Waals surface area contributed by atoms with Crippen LogP contribution in [-0.2, 0) is 10.1 Å². The zero-order chi connectivity index (χ0) is 16.5. The van der Waals surface area contributed by atoms with Gasteiger partial charge < -0.3 is 4.55 Å². The summed E-state index contributed by atoms with van der Waals surface area (Å²) in [6.45, 7) is 2.26. The molecule has 0 atom stereocenters. The Labute approximate surface area is 166 Å². The van der Waals surface area contributed by atoms with Gasteiger partial charge >= 0.3 is 29.6 Å². The topological polar surface area (TPSA) is 57.2 Å². The molecule has 5 heteroatoms. The van der Waals surface area contributed by atoms with Crippen molar-refractivity contribution >= 4 is 10.1 Å². The maximum Gasteiger partial charge on any atom is 1.00 e. The van der Waals surface area contributed by atoms with Crippen LogP contribution in [0.5, 0.6) is 0 Å². The van der Waals surface area contributed by atoms with Crippen molar-refractivity contribution in [1.82, 2.24) is 0 Å². The van der Waals surface area contributed by atoms with Crippen molar-refractivity contribution in [3.05, 3.63) is 11.5 Å². The van der Waals surface area contributed by atoms with E-state index in [9.17, 15) is 13.0 Å². The Kier molecular flexibility index (Phi) is 21.4. The van der Waals surface area contributed by atoms with Crippen molar-refractivity contribution in [2.75, 3.05) is 0 Å². The van der Waals surface area contributed by atoms with Gasteiger partial charge in [-0.15, -0.1) is 0 Å². The number of allylic oxidation sites excluding steroid dienone is 1. The molecule has 0 N–H and O–H groups in total. The first kappa shape index (κ1) is 25.9. The minimum atomic E-state index is -4.17. The molecule has 0 aliphatic carbocycles. The second-order valence-corrected chi connectivity index (χ2v) is 7.51. The van der Waals surface area contributed by atoms with Crippen LogP contribution in [0.2, 0.25) is 0 Å². The Bertz CT molecular complexity index is 353. The summed E-state index contributed by atoms with van der Waals surface area (Å²) in [4.78, 5) is 0. The quantitative estimate of drug-likeness (QED) is 0.243. The summed E-state index contributed by atoms with van der Waals surface area (Å²) in [6, 6.07) is 0. The average molecular weight is 355 g/mol. The van der Waals surface area contributed by atoms with Crippen LogP contribution in [0.1, 0.15) is 103 Å². The fraction of sp³-hybridized carbons (Fsp3) is 0.889. The number of hydrogen-bond donors (Lipinski definition) is 0. The summed E-state index contributed by atoms with van der Waals surface area (Å²) in [5, 5.41) is 0.773. The van der Waals surface area contributed by atoms with Crippen molar-refractivity contribution in [2.24, 2.45) is 0 Å².